The van der Waals surface area contributed by atoms with Gasteiger partial charge in [-0.2, -0.15) is 0 Å². The molecule has 0 unspecified atom stereocenters. The number of anilines is 1. The lowest BCUT2D eigenvalue weighted by molar-refractivity contribution is 0.400. The first kappa shape index (κ1) is 13.5. The van der Waals surface area contributed by atoms with Crippen molar-refractivity contribution in [2.45, 2.75) is 9.92 Å². The second kappa shape index (κ2) is 5.83. The minimum Gasteiger partial charge on any atom is -0.490 e. The summed E-state index contributed by atoms with van der Waals surface area (Å²) >= 11 is 1.05. The van der Waals surface area contributed by atoms with Crippen molar-refractivity contribution in [3.05, 3.63) is 36.2 Å². The fraction of sp³-hybridized carbons (Fsp3) is 0.167. The van der Waals surface area contributed by atoms with E-state index < -0.39 is 11.6 Å². The van der Waals surface area contributed by atoms with Crippen LogP contribution in [0.3, 0.4) is 0 Å². The summed E-state index contributed by atoms with van der Waals surface area (Å²) in [6, 6.07) is 3.38. The number of aromatic nitrogens is 2. The number of nitrogens with one attached hydrogen (secondary N) is 1. The Bertz CT molecular complexity index is 595. The molecule has 0 saturated carbocycles. The topological polar surface area (TPSA) is 47.0 Å². The lowest BCUT2D eigenvalue weighted by atomic mass is 10.3. The van der Waals surface area contributed by atoms with Gasteiger partial charge in [0, 0.05) is 18.0 Å². The van der Waals surface area contributed by atoms with Gasteiger partial charge in [-0.1, -0.05) is 11.8 Å². The van der Waals surface area contributed by atoms with E-state index in [2.05, 4.69) is 15.3 Å². The minimum atomic E-state index is -0.642. The normalized spacial score (nSPS) is 10.3. The molecule has 0 aliphatic carbocycles. The van der Waals surface area contributed by atoms with E-state index in [4.69, 9.17) is 4.74 Å². The highest BCUT2D eigenvalue weighted by molar-refractivity contribution is 7.99. The smallest absolute Gasteiger partial charge is 0.194 e. The van der Waals surface area contributed by atoms with Crippen LogP contribution in [0, 0.1) is 11.6 Å². The number of benzene rings is 1. The number of ether oxygens (including phenoxy) is 1. The van der Waals surface area contributed by atoms with Gasteiger partial charge in [-0.25, -0.2) is 18.7 Å². The maximum Gasteiger partial charge on any atom is 0.194 e. The average molecular weight is 283 g/mol. The molecule has 0 fully saturated rings. The molecule has 0 saturated heterocycles. The van der Waals surface area contributed by atoms with E-state index in [0.717, 1.165) is 17.8 Å². The Balaban J connectivity index is 2.37. The number of methoxy groups -OCH3 is 1. The van der Waals surface area contributed by atoms with Gasteiger partial charge >= 0.3 is 0 Å². The number of hydrogen-bond acceptors (Lipinski definition) is 5. The highest BCUT2D eigenvalue weighted by atomic mass is 32.2. The maximum atomic E-state index is 13.6. The molecule has 0 aliphatic rings. The fourth-order valence-corrected chi connectivity index (χ4v) is 2.33. The summed E-state index contributed by atoms with van der Waals surface area (Å²) in [6.45, 7) is 0. The summed E-state index contributed by atoms with van der Waals surface area (Å²) in [5.41, 5.74) is 0. The van der Waals surface area contributed by atoms with Crippen molar-refractivity contribution in [3.63, 3.8) is 0 Å². The minimum absolute atomic E-state index is 0.264. The summed E-state index contributed by atoms with van der Waals surface area (Å²) in [5, 5.41) is 3.30. The van der Waals surface area contributed by atoms with Crippen molar-refractivity contribution < 1.29 is 13.5 Å². The second-order valence-corrected chi connectivity index (χ2v) is 4.52. The van der Waals surface area contributed by atoms with Crippen LogP contribution < -0.4 is 10.1 Å². The molecule has 19 heavy (non-hydrogen) atoms. The Kier molecular flexibility index (Phi) is 4.16. The number of rotatable bonds is 4. The molecule has 0 atom stereocenters. The van der Waals surface area contributed by atoms with Crippen LogP contribution in [0.15, 0.2) is 34.4 Å². The second-order valence-electron chi connectivity index (χ2n) is 3.49. The van der Waals surface area contributed by atoms with Crippen molar-refractivity contribution in [1.29, 1.82) is 0 Å². The standard InChI is InChI=1S/C12H11F2N3OS/c1-15-11-10(18-2)12(17-6-16-11)19-9-4-3-7(13)5-8(9)14/h3-6H,1-2H3,(H,15,16,17). The third-order valence-electron chi connectivity index (χ3n) is 2.31. The van der Waals surface area contributed by atoms with Crippen molar-refractivity contribution in [3.8, 4) is 5.75 Å². The average Bonchev–Trinajstić information content (AvgIpc) is 2.41. The third kappa shape index (κ3) is 2.93. The van der Waals surface area contributed by atoms with E-state index in [1.54, 1.807) is 7.05 Å². The van der Waals surface area contributed by atoms with Gasteiger partial charge in [0.1, 0.15) is 23.0 Å². The molecule has 0 bridgehead atoms. The Hall–Kier alpha value is -1.89. The summed E-state index contributed by atoms with van der Waals surface area (Å²) < 4.78 is 31.6. The van der Waals surface area contributed by atoms with E-state index in [0.29, 0.717) is 16.6 Å². The van der Waals surface area contributed by atoms with Gasteiger partial charge in [0.05, 0.1) is 7.11 Å². The summed E-state index contributed by atoms with van der Waals surface area (Å²) in [7, 11) is 3.17. The van der Waals surface area contributed by atoms with E-state index in [-0.39, 0.29) is 4.90 Å². The summed E-state index contributed by atoms with van der Waals surface area (Å²) in [5.74, 6) is -0.342. The molecule has 4 nitrogen and oxygen atoms in total. The largest absolute Gasteiger partial charge is 0.490 e. The summed E-state index contributed by atoms with van der Waals surface area (Å²) in [4.78, 5) is 8.30. The molecule has 100 valence electrons. The lowest BCUT2D eigenvalue weighted by Crippen LogP contribution is -2.00. The molecular formula is C12H11F2N3OS. The van der Waals surface area contributed by atoms with Crippen LogP contribution in [0.2, 0.25) is 0 Å². The highest BCUT2D eigenvalue weighted by Gasteiger charge is 2.14. The SMILES string of the molecule is CNc1ncnc(Sc2ccc(F)cc2F)c1OC. The molecule has 0 spiro atoms. The summed E-state index contributed by atoms with van der Waals surface area (Å²) in [6.07, 6.45) is 1.35. The van der Waals surface area contributed by atoms with E-state index in [1.807, 2.05) is 0 Å². The molecule has 7 heteroatoms. The molecule has 2 aromatic rings. The first-order chi connectivity index (χ1) is 9.15. The predicted octanol–water partition coefficient (Wildman–Crippen LogP) is 2.96. The quantitative estimate of drug-likeness (QED) is 0.874. The Labute approximate surface area is 113 Å². The zero-order chi connectivity index (χ0) is 13.8. The van der Waals surface area contributed by atoms with Gasteiger partial charge < -0.3 is 10.1 Å². The van der Waals surface area contributed by atoms with Gasteiger partial charge in [0.15, 0.2) is 11.6 Å². The Morgan fingerprint density at radius 3 is 2.68 bits per heavy atom. The monoisotopic (exact) mass is 283 g/mol. The van der Waals surface area contributed by atoms with Gasteiger partial charge in [-0.15, -0.1) is 0 Å². The van der Waals surface area contributed by atoms with Crippen LogP contribution in [-0.4, -0.2) is 24.1 Å². The van der Waals surface area contributed by atoms with Crippen LogP contribution in [-0.2, 0) is 0 Å². The molecule has 1 N–H and O–H groups in total. The molecule has 0 aliphatic heterocycles. The Morgan fingerprint density at radius 2 is 2.05 bits per heavy atom. The molecule has 0 amide bonds. The Morgan fingerprint density at radius 1 is 1.26 bits per heavy atom. The lowest BCUT2D eigenvalue weighted by Gasteiger charge is -2.10. The highest BCUT2D eigenvalue weighted by Crippen LogP contribution is 2.37. The van der Waals surface area contributed by atoms with Crippen molar-refractivity contribution in [1.82, 2.24) is 9.97 Å². The van der Waals surface area contributed by atoms with E-state index >= 15 is 0 Å². The molecule has 0 radical (unpaired) electrons. The molecule has 2 rings (SSSR count). The van der Waals surface area contributed by atoms with Crippen LogP contribution in [0.4, 0.5) is 14.6 Å². The zero-order valence-corrected chi connectivity index (χ0v) is 11.1. The fourth-order valence-electron chi connectivity index (χ4n) is 1.45. The number of halogens is 2. The molecular weight excluding hydrogens is 272 g/mol. The van der Waals surface area contributed by atoms with Crippen LogP contribution >= 0.6 is 11.8 Å². The first-order valence-electron chi connectivity index (χ1n) is 5.35. The van der Waals surface area contributed by atoms with Gasteiger partial charge in [0.25, 0.3) is 0 Å². The van der Waals surface area contributed by atoms with Crippen molar-refractivity contribution in [2.24, 2.45) is 0 Å². The molecule has 1 heterocycles. The van der Waals surface area contributed by atoms with Crippen LogP contribution in [0.1, 0.15) is 0 Å². The van der Waals surface area contributed by atoms with E-state index in [1.165, 1.54) is 25.6 Å². The van der Waals surface area contributed by atoms with Crippen LogP contribution in [0.25, 0.3) is 0 Å². The van der Waals surface area contributed by atoms with Crippen LogP contribution in [0.5, 0.6) is 5.75 Å². The third-order valence-corrected chi connectivity index (χ3v) is 3.35. The first-order valence-corrected chi connectivity index (χ1v) is 6.17. The molecule has 1 aromatic carbocycles. The van der Waals surface area contributed by atoms with Gasteiger partial charge in [-0.05, 0) is 12.1 Å². The zero-order valence-electron chi connectivity index (χ0n) is 10.3. The molecule has 1 aromatic heterocycles. The number of nitrogens with zero attached hydrogens (tertiary/aromatic N) is 2. The maximum absolute atomic E-state index is 13.6. The number of hydrogen-bond donors (Lipinski definition) is 1. The van der Waals surface area contributed by atoms with Crippen molar-refractivity contribution >= 4 is 17.6 Å². The van der Waals surface area contributed by atoms with Crippen molar-refractivity contribution in [2.75, 3.05) is 19.5 Å². The van der Waals surface area contributed by atoms with Gasteiger partial charge in [0.2, 0.25) is 0 Å². The predicted molar refractivity (Wildman–Crippen MR) is 68.6 cm³/mol. The van der Waals surface area contributed by atoms with Gasteiger partial charge in [-0.3, -0.25) is 0 Å². The van der Waals surface area contributed by atoms with E-state index in [9.17, 15) is 8.78 Å².